The molecule has 0 atom stereocenters. The molecule has 1 heteroatoms. The molecule has 1 rings (SSSR count). The maximum Gasteiger partial charge on any atom is 0.115 e. The van der Waals surface area contributed by atoms with E-state index in [2.05, 4.69) is 6.92 Å². The summed E-state index contributed by atoms with van der Waals surface area (Å²) in [6.07, 6.45) is 28.3. The molecule has 28 heavy (non-hydrogen) atoms. The van der Waals surface area contributed by atoms with Gasteiger partial charge in [0.15, 0.2) is 0 Å². The molecule has 1 nitrogen and oxygen atoms in total. The van der Waals surface area contributed by atoms with Crippen LogP contribution in [0.15, 0.2) is 24.3 Å². The fourth-order valence-corrected chi connectivity index (χ4v) is 4.07. The Balaban J connectivity index is 1.70. The summed E-state index contributed by atoms with van der Waals surface area (Å²) in [4.78, 5) is 0. The molecule has 0 aliphatic rings. The predicted octanol–water partition coefficient (Wildman–Crippen LogP) is 9.37. The molecular formula is C27H48O. The van der Waals surface area contributed by atoms with Gasteiger partial charge in [0.05, 0.1) is 0 Å². The normalized spacial score (nSPS) is 11.2. The van der Waals surface area contributed by atoms with Gasteiger partial charge < -0.3 is 5.11 Å². The van der Waals surface area contributed by atoms with E-state index in [1.165, 1.54) is 128 Å². The van der Waals surface area contributed by atoms with Crippen molar-refractivity contribution >= 4 is 0 Å². The molecule has 0 aliphatic heterocycles. The lowest BCUT2D eigenvalue weighted by molar-refractivity contribution is 0.475. The van der Waals surface area contributed by atoms with Gasteiger partial charge in [-0.1, -0.05) is 135 Å². The van der Waals surface area contributed by atoms with Gasteiger partial charge in [0.1, 0.15) is 5.75 Å². The molecule has 0 heterocycles. The van der Waals surface area contributed by atoms with Crippen LogP contribution in [-0.2, 0) is 6.42 Å². The molecule has 0 fully saturated rings. The maximum absolute atomic E-state index is 9.29. The largest absolute Gasteiger partial charge is 0.508 e. The van der Waals surface area contributed by atoms with E-state index in [1.54, 1.807) is 12.1 Å². The summed E-state index contributed by atoms with van der Waals surface area (Å²) >= 11 is 0. The first-order valence-electron chi connectivity index (χ1n) is 12.6. The monoisotopic (exact) mass is 388 g/mol. The topological polar surface area (TPSA) is 20.2 Å². The zero-order valence-electron chi connectivity index (χ0n) is 18.9. The van der Waals surface area contributed by atoms with Gasteiger partial charge in [-0.15, -0.1) is 0 Å². The van der Waals surface area contributed by atoms with E-state index in [1.807, 2.05) is 12.1 Å². The SMILES string of the molecule is CCCCCCCCCCCCCCCCCCCCCc1ccc(O)cc1. The van der Waals surface area contributed by atoms with E-state index in [9.17, 15) is 5.11 Å². The smallest absolute Gasteiger partial charge is 0.115 e. The molecule has 0 spiro atoms. The summed E-state index contributed by atoms with van der Waals surface area (Å²) in [5, 5.41) is 9.29. The zero-order chi connectivity index (χ0) is 20.1. The summed E-state index contributed by atoms with van der Waals surface area (Å²) in [6.45, 7) is 2.29. The molecule has 0 saturated carbocycles. The first kappa shape index (κ1) is 25.1. The van der Waals surface area contributed by atoms with Crippen LogP contribution >= 0.6 is 0 Å². The van der Waals surface area contributed by atoms with Crippen LogP contribution in [0, 0.1) is 0 Å². The summed E-state index contributed by atoms with van der Waals surface area (Å²) in [6, 6.07) is 7.68. The van der Waals surface area contributed by atoms with Gasteiger partial charge in [0.2, 0.25) is 0 Å². The van der Waals surface area contributed by atoms with E-state index in [4.69, 9.17) is 0 Å². The lowest BCUT2D eigenvalue weighted by atomic mass is 10.0. The first-order valence-corrected chi connectivity index (χ1v) is 12.6. The fourth-order valence-electron chi connectivity index (χ4n) is 4.07. The Hall–Kier alpha value is -0.980. The molecule has 0 aliphatic carbocycles. The van der Waals surface area contributed by atoms with Crippen LogP contribution in [-0.4, -0.2) is 5.11 Å². The van der Waals surface area contributed by atoms with Crippen LogP contribution in [0.3, 0.4) is 0 Å². The number of phenols is 1. The van der Waals surface area contributed by atoms with Crippen LogP contribution < -0.4 is 0 Å². The second kappa shape index (κ2) is 19.3. The van der Waals surface area contributed by atoms with Crippen molar-refractivity contribution in [2.45, 2.75) is 135 Å². The molecule has 0 radical (unpaired) electrons. The number of rotatable bonds is 20. The average Bonchev–Trinajstić information content (AvgIpc) is 2.71. The van der Waals surface area contributed by atoms with Crippen molar-refractivity contribution in [2.75, 3.05) is 0 Å². The van der Waals surface area contributed by atoms with Crippen LogP contribution in [0.1, 0.15) is 134 Å². The summed E-state index contributed by atoms with van der Waals surface area (Å²) in [7, 11) is 0. The van der Waals surface area contributed by atoms with Crippen molar-refractivity contribution in [3.05, 3.63) is 29.8 Å². The minimum atomic E-state index is 0.372. The number of aryl methyl sites for hydroxylation is 1. The summed E-state index contributed by atoms with van der Waals surface area (Å²) < 4.78 is 0. The van der Waals surface area contributed by atoms with Crippen molar-refractivity contribution < 1.29 is 5.11 Å². The van der Waals surface area contributed by atoms with Crippen molar-refractivity contribution in [2.24, 2.45) is 0 Å². The Morgan fingerprint density at radius 2 is 0.786 bits per heavy atom. The molecule has 0 amide bonds. The van der Waals surface area contributed by atoms with Crippen LogP contribution in [0.2, 0.25) is 0 Å². The number of hydrogen-bond acceptors (Lipinski definition) is 1. The molecular weight excluding hydrogens is 340 g/mol. The molecule has 1 aromatic carbocycles. The van der Waals surface area contributed by atoms with Crippen LogP contribution in [0.25, 0.3) is 0 Å². The highest BCUT2D eigenvalue weighted by Gasteiger charge is 1.96. The zero-order valence-corrected chi connectivity index (χ0v) is 18.9. The lowest BCUT2D eigenvalue weighted by Gasteiger charge is -2.04. The van der Waals surface area contributed by atoms with E-state index < -0.39 is 0 Å². The maximum atomic E-state index is 9.29. The van der Waals surface area contributed by atoms with E-state index in [0.29, 0.717) is 5.75 Å². The number of unbranched alkanes of at least 4 members (excludes halogenated alkanes) is 18. The summed E-state index contributed by atoms with van der Waals surface area (Å²) in [5.74, 6) is 0.372. The fraction of sp³-hybridized carbons (Fsp3) is 0.778. The molecule has 0 saturated heterocycles. The number of hydrogen-bond donors (Lipinski definition) is 1. The van der Waals surface area contributed by atoms with Crippen molar-refractivity contribution in [1.82, 2.24) is 0 Å². The molecule has 1 aromatic rings. The first-order chi connectivity index (χ1) is 13.8. The highest BCUT2D eigenvalue weighted by Crippen LogP contribution is 2.16. The van der Waals surface area contributed by atoms with E-state index >= 15 is 0 Å². The van der Waals surface area contributed by atoms with Crippen LogP contribution in [0.4, 0.5) is 0 Å². The van der Waals surface area contributed by atoms with Crippen molar-refractivity contribution in [3.63, 3.8) is 0 Å². The molecule has 0 bridgehead atoms. The summed E-state index contributed by atoms with van der Waals surface area (Å²) in [5.41, 5.74) is 1.35. The third kappa shape index (κ3) is 16.0. The second-order valence-electron chi connectivity index (χ2n) is 8.78. The standard InChI is InChI=1S/C27H48O/c1-2-3-4-5-6-7-8-9-10-11-12-13-14-15-16-17-18-19-20-21-26-22-24-27(28)25-23-26/h22-25,28H,2-21H2,1H3. The van der Waals surface area contributed by atoms with Gasteiger partial charge in [0.25, 0.3) is 0 Å². The third-order valence-electron chi connectivity index (χ3n) is 6.01. The minimum absolute atomic E-state index is 0.372. The second-order valence-corrected chi connectivity index (χ2v) is 8.78. The van der Waals surface area contributed by atoms with Gasteiger partial charge in [-0.25, -0.2) is 0 Å². The number of benzene rings is 1. The van der Waals surface area contributed by atoms with Gasteiger partial charge >= 0.3 is 0 Å². The molecule has 1 N–H and O–H groups in total. The Morgan fingerprint density at radius 1 is 0.464 bits per heavy atom. The number of phenolic OH excluding ortho intramolecular Hbond substituents is 1. The lowest BCUT2D eigenvalue weighted by Crippen LogP contribution is -1.86. The highest BCUT2D eigenvalue weighted by atomic mass is 16.3. The molecule has 0 aromatic heterocycles. The average molecular weight is 389 g/mol. The van der Waals surface area contributed by atoms with Crippen molar-refractivity contribution in [1.29, 1.82) is 0 Å². The van der Waals surface area contributed by atoms with Gasteiger partial charge in [-0.3, -0.25) is 0 Å². The van der Waals surface area contributed by atoms with E-state index in [0.717, 1.165) is 6.42 Å². The Bertz CT molecular complexity index is 422. The molecule has 0 unspecified atom stereocenters. The quantitative estimate of drug-likeness (QED) is 0.220. The minimum Gasteiger partial charge on any atom is -0.508 e. The Morgan fingerprint density at radius 3 is 1.14 bits per heavy atom. The van der Waals surface area contributed by atoms with Gasteiger partial charge in [-0.05, 0) is 30.5 Å². The van der Waals surface area contributed by atoms with Crippen LogP contribution in [0.5, 0.6) is 5.75 Å². The Kier molecular flexibility index (Phi) is 17.3. The molecule has 162 valence electrons. The number of aromatic hydroxyl groups is 1. The van der Waals surface area contributed by atoms with Gasteiger partial charge in [-0.2, -0.15) is 0 Å². The predicted molar refractivity (Wildman–Crippen MR) is 125 cm³/mol. The van der Waals surface area contributed by atoms with E-state index in [-0.39, 0.29) is 0 Å². The Labute approximate surface area is 176 Å². The third-order valence-corrected chi connectivity index (χ3v) is 6.01. The highest BCUT2D eigenvalue weighted by molar-refractivity contribution is 5.25. The van der Waals surface area contributed by atoms with Crippen molar-refractivity contribution in [3.8, 4) is 5.75 Å². The van der Waals surface area contributed by atoms with Gasteiger partial charge in [0, 0.05) is 0 Å².